The van der Waals surface area contributed by atoms with Crippen molar-refractivity contribution in [3.05, 3.63) is 66.6 Å². The van der Waals surface area contributed by atoms with Crippen molar-refractivity contribution in [2.75, 3.05) is 0 Å². The Morgan fingerprint density at radius 2 is 1.68 bits per heavy atom. The second kappa shape index (κ2) is 5.93. The van der Waals surface area contributed by atoms with Crippen LogP contribution in [-0.2, 0) is 12.0 Å². The van der Waals surface area contributed by atoms with Gasteiger partial charge in [-0.1, -0.05) is 34.8 Å². The lowest BCUT2D eigenvalue weighted by Gasteiger charge is -2.31. The van der Waals surface area contributed by atoms with Gasteiger partial charge in [-0.25, -0.2) is 0 Å². The molecule has 3 rings (SSSR count). The fourth-order valence-corrected chi connectivity index (χ4v) is 3.47. The number of ether oxygens (including phenoxy) is 1. The first kappa shape index (κ1) is 18.1. The van der Waals surface area contributed by atoms with Gasteiger partial charge in [-0.2, -0.15) is 13.2 Å². The monoisotopic (exact) mass is 411 g/mol. The molecule has 132 valence electrons. The molecule has 2 aromatic rings. The summed E-state index contributed by atoms with van der Waals surface area (Å²) in [4.78, 5) is 10.2. The van der Waals surface area contributed by atoms with E-state index >= 15 is 0 Å². The molecule has 1 aliphatic heterocycles. The molecule has 0 radical (unpaired) electrons. The molecule has 1 heterocycles. The fourth-order valence-electron chi connectivity index (χ4n) is 2.72. The predicted octanol–water partition coefficient (Wildman–Crippen LogP) is 5.95. The Morgan fingerprint density at radius 1 is 1.08 bits per heavy atom. The van der Waals surface area contributed by atoms with E-state index < -0.39 is 28.8 Å². The van der Waals surface area contributed by atoms with Crippen LogP contribution in [0.25, 0.3) is 0 Å². The van der Waals surface area contributed by atoms with Gasteiger partial charge in [0.2, 0.25) is 5.60 Å². The van der Waals surface area contributed by atoms with Crippen molar-refractivity contribution < 1.29 is 22.8 Å². The van der Waals surface area contributed by atoms with Gasteiger partial charge in [-0.15, -0.1) is 0 Å². The summed E-state index contributed by atoms with van der Waals surface area (Å²) in [5, 5.41) is 10.7. The molecule has 0 amide bonds. The Morgan fingerprint density at radius 3 is 2.20 bits per heavy atom. The third kappa shape index (κ3) is 3.01. The van der Waals surface area contributed by atoms with Crippen molar-refractivity contribution >= 4 is 40.5 Å². The van der Waals surface area contributed by atoms with E-state index in [-0.39, 0.29) is 31.9 Å². The summed E-state index contributed by atoms with van der Waals surface area (Å²) in [5.41, 5.74) is -3.54. The average Bonchev–Trinajstić information content (AvgIpc) is 2.84. The van der Waals surface area contributed by atoms with Gasteiger partial charge in [-0.3, -0.25) is 10.1 Å². The van der Waals surface area contributed by atoms with Crippen LogP contribution in [0.15, 0.2) is 30.3 Å². The number of hydrogen-bond donors (Lipinski definition) is 0. The number of nitrogens with zero attached hydrogens (tertiary/aromatic N) is 1. The molecule has 1 atom stereocenters. The minimum atomic E-state index is -4.83. The Bertz CT molecular complexity index is 868. The van der Waals surface area contributed by atoms with Crippen molar-refractivity contribution in [1.29, 1.82) is 0 Å². The van der Waals surface area contributed by atoms with Crippen LogP contribution in [0.1, 0.15) is 11.1 Å². The molecule has 0 spiro atoms. The topological polar surface area (TPSA) is 52.4 Å². The van der Waals surface area contributed by atoms with Gasteiger partial charge < -0.3 is 4.74 Å². The number of rotatable bonds is 2. The van der Waals surface area contributed by atoms with Crippen molar-refractivity contribution in [2.24, 2.45) is 0 Å². The van der Waals surface area contributed by atoms with Crippen LogP contribution in [0.5, 0.6) is 5.75 Å². The molecule has 0 bridgehead atoms. The highest BCUT2D eigenvalue weighted by molar-refractivity contribution is 6.34. The van der Waals surface area contributed by atoms with Crippen LogP contribution in [0, 0.1) is 10.1 Å². The summed E-state index contributed by atoms with van der Waals surface area (Å²) in [6.45, 7) is 0. The molecule has 0 saturated carbocycles. The number of benzene rings is 2. The molecule has 0 N–H and O–H groups in total. The largest absolute Gasteiger partial charge is 0.472 e. The highest BCUT2D eigenvalue weighted by atomic mass is 35.5. The minimum absolute atomic E-state index is 0.00898. The third-order valence-electron chi connectivity index (χ3n) is 3.84. The van der Waals surface area contributed by atoms with Gasteiger partial charge in [0.1, 0.15) is 10.8 Å². The lowest BCUT2D eigenvalue weighted by atomic mass is 9.88. The molecular formula is C15H7Cl3F3NO3. The fraction of sp³-hybridized carbons (Fsp3) is 0.200. The smallest absolute Gasteiger partial charge is 0.432 e. The van der Waals surface area contributed by atoms with Crippen molar-refractivity contribution in [3.8, 4) is 5.75 Å². The molecule has 10 heteroatoms. The maximum atomic E-state index is 13.9. The van der Waals surface area contributed by atoms with Crippen molar-refractivity contribution in [2.45, 2.75) is 18.2 Å². The highest BCUT2D eigenvalue weighted by Crippen LogP contribution is 2.53. The van der Waals surface area contributed by atoms with Crippen LogP contribution in [0.4, 0.5) is 18.9 Å². The summed E-state index contributed by atoms with van der Waals surface area (Å²) < 4.78 is 47.0. The van der Waals surface area contributed by atoms with E-state index in [1.807, 2.05) is 0 Å². The average molecular weight is 413 g/mol. The zero-order chi connectivity index (χ0) is 18.6. The number of hydrogen-bond acceptors (Lipinski definition) is 3. The normalized spacial score (nSPS) is 19.4. The molecule has 25 heavy (non-hydrogen) atoms. The first-order chi connectivity index (χ1) is 11.5. The van der Waals surface area contributed by atoms with E-state index in [2.05, 4.69) is 0 Å². The number of nitro groups is 1. The summed E-state index contributed by atoms with van der Waals surface area (Å²) >= 11 is 17.4. The van der Waals surface area contributed by atoms with Crippen LogP contribution in [-0.4, -0.2) is 11.1 Å². The summed E-state index contributed by atoms with van der Waals surface area (Å²) in [6, 6.07) is 5.48. The molecule has 0 aromatic heterocycles. The zero-order valence-corrected chi connectivity index (χ0v) is 14.3. The van der Waals surface area contributed by atoms with Crippen LogP contribution < -0.4 is 4.74 Å². The quantitative estimate of drug-likeness (QED) is 0.452. The molecular weight excluding hydrogens is 406 g/mol. The Labute approximate surface area is 154 Å². The van der Waals surface area contributed by atoms with Gasteiger partial charge >= 0.3 is 6.18 Å². The maximum Gasteiger partial charge on any atom is 0.432 e. The van der Waals surface area contributed by atoms with Gasteiger partial charge in [0.05, 0.1) is 4.92 Å². The van der Waals surface area contributed by atoms with E-state index in [9.17, 15) is 23.3 Å². The minimum Gasteiger partial charge on any atom is -0.472 e. The Balaban J connectivity index is 2.18. The summed E-state index contributed by atoms with van der Waals surface area (Å²) in [6.07, 6.45) is -5.50. The van der Waals surface area contributed by atoms with Crippen molar-refractivity contribution in [3.63, 3.8) is 0 Å². The first-order valence-electron chi connectivity index (χ1n) is 6.72. The molecule has 4 nitrogen and oxygen atoms in total. The molecule has 1 unspecified atom stereocenters. The van der Waals surface area contributed by atoms with E-state index in [1.165, 1.54) is 6.07 Å². The van der Waals surface area contributed by atoms with E-state index in [0.29, 0.717) is 0 Å². The summed E-state index contributed by atoms with van der Waals surface area (Å²) in [5.74, 6) is -0.177. The van der Waals surface area contributed by atoms with Gasteiger partial charge in [-0.05, 0) is 18.2 Å². The van der Waals surface area contributed by atoms with E-state index in [1.54, 1.807) is 0 Å². The highest BCUT2D eigenvalue weighted by Gasteiger charge is 2.62. The lowest BCUT2D eigenvalue weighted by molar-refractivity contribution is -0.384. The number of halogens is 6. The number of nitro benzene ring substituents is 1. The SMILES string of the molecule is O=[N+]([O-])c1cc2c(cc1Cl)OC(c1cc(Cl)cc(Cl)c1)(C(F)(F)F)C2. The second-order valence-corrected chi connectivity index (χ2v) is 6.71. The molecule has 1 aliphatic rings. The molecule has 0 saturated heterocycles. The predicted molar refractivity (Wildman–Crippen MR) is 86.6 cm³/mol. The van der Waals surface area contributed by atoms with E-state index in [0.717, 1.165) is 24.3 Å². The van der Waals surface area contributed by atoms with Crippen molar-refractivity contribution in [1.82, 2.24) is 0 Å². The standard InChI is InChI=1S/C15H7Cl3F3NO3/c16-9-2-8(3-10(17)4-9)14(15(19,20)21)6-7-1-12(22(23)24)11(18)5-13(7)25-14/h1-5H,6H2. The second-order valence-electron chi connectivity index (χ2n) is 5.43. The van der Waals surface area contributed by atoms with Crippen LogP contribution in [0.3, 0.4) is 0 Å². The zero-order valence-electron chi connectivity index (χ0n) is 12.0. The molecule has 2 aromatic carbocycles. The molecule has 0 fully saturated rings. The third-order valence-corrected chi connectivity index (χ3v) is 4.58. The van der Waals surface area contributed by atoms with Crippen LogP contribution in [0.2, 0.25) is 15.1 Å². The van der Waals surface area contributed by atoms with Gasteiger partial charge in [0.25, 0.3) is 5.69 Å². The van der Waals surface area contributed by atoms with Crippen LogP contribution >= 0.6 is 34.8 Å². The van der Waals surface area contributed by atoms with Gasteiger partial charge in [0.15, 0.2) is 0 Å². The summed E-state index contributed by atoms with van der Waals surface area (Å²) in [7, 11) is 0. The van der Waals surface area contributed by atoms with Gasteiger partial charge in [0, 0.05) is 39.7 Å². The first-order valence-corrected chi connectivity index (χ1v) is 7.86. The Kier molecular flexibility index (Phi) is 4.29. The lowest BCUT2D eigenvalue weighted by Crippen LogP contribution is -2.46. The number of alkyl halides is 3. The van der Waals surface area contributed by atoms with E-state index in [4.69, 9.17) is 39.5 Å². The number of fused-ring (bicyclic) bond motifs is 1. The Hall–Kier alpha value is -1.70. The maximum absolute atomic E-state index is 13.9. The molecule has 0 aliphatic carbocycles.